The summed E-state index contributed by atoms with van der Waals surface area (Å²) in [5.74, 6) is -10.0. The van der Waals surface area contributed by atoms with Crippen LogP contribution in [0.3, 0.4) is 0 Å². The largest absolute Gasteiger partial charge is 0.480 e. The van der Waals surface area contributed by atoms with Gasteiger partial charge >= 0.3 is 23.9 Å². The number of Topliss-reactive ketones (excluding diaryl/α,β-unsaturated/α-hetero) is 2. The molecule has 3 unspecified atom stereocenters. The molecule has 6 N–H and O–H groups in total. The van der Waals surface area contributed by atoms with Gasteiger partial charge in [-0.25, -0.2) is 21.6 Å². The van der Waals surface area contributed by atoms with Crippen molar-refractivity contribution in [2.75, 3.05) is 60.8 Å². The maximum absolute atomic E-state index is 14.4. The normalized spacial score (nSPS) is 28.7. The van der Waals surface area contributed by atoms with Crippen LogP contribution in [0.5, 0.6) is 0 Å². The number of amides is 5. The number of aliphatic hydroxyl groups excluding tert-OH is 3. The second kappa shape index (κ2) is 42.9. The summed E-state index contributed by atoms with van der Waals surface area (Å²) in [6, 6.07) is -3.15. The van der Waals surface area contributed by atoms with Crippen LogP contribution in [-0.2, 0) is 101 Å². The monoisotopic (exact) mass is 1750 g/mol. The van der Waals surface area contributed by atoms with Gasteiger partial charge in [-0.05, 0) is 220 Å². The zero-order chi connectivity index (χ0) is 91.1. The molecule has 32 heteroatoms. The Bertz CT molecular complexity index is 3950. The van der Waals surface area contributed by atoms with E-state index in [1.165, 1.54) is 28.9 Å². The van der Waals surface area contributed by atoms with Crippen molar-refractivity contribution < 1.29 is 118 Å². The molecule has 7 fully saturated rings. The number of ketones is 2. The van der Waals surface area contributed by atoms with Crippen molar-refractivity contribution >= 4 is 85.0 Å². The molecule has 0 bridgehead atoms. The summed E-state index contributed by atoms with van der Waals surface area (Å²) in [5, 5.41) is 40.9. The third kappa shape index (κ3) is 28.9. The number of likely N-dealkylation sites (tertiary alicyclic amines) is 2. The molecule has 0 aromatic heterocycles. The lowest BCUT2D eigenvalue weighted by molar-refractivity contribution is -0.161. The first-order valence-electron chi connectivity index (χ1n) is 43.1. The SMILES string of the molecule is C=CCCC(C)C[C@@H](COC)[C@H](CC(=O)OC(C)(C)C)C(=O)N1C[C@H](O)C[C@H]1C(=O)C[C@]1(C(=O)NS(=O)(=O)C2(C)CC2)C[C@H]1C=C.C=CCCC(C)C[C@@H](COC)[C@H](CC(=O)OC(C)(C)C)C(=O)N1C[C@H](O)C[C@H]1C(=O)O.COC[C@@H]1CC(C)CC/C=C\[C@@H]2C[C@@]2(C(=O)NS(=O)(=O)C2(C)CC2)CC(=O)[C@@H]2C[C@@H](O)CN2C(=O)[C@H]1CC(=O)OC(C)(C)C. The number of nitrogens with one attached hydrogen (secondary N) is 2. The zero-order valence-corrected chi connectivity index (χ0v) is 76.5. The van der Waals surface area contributed by atoms with Crippen LogP contribution in [0.4, 0.5) is 0 Å². The number of sulfonamides is 2. The van der Waals surface area contributed by atoms with Crippen LogP contribution in [0, 0.1) is 75.9 Å². The van der Waals surface area contributed by atoms with Gasteiger partial charge in [-0.15, -0.1) is 19.7 Å². The topological polar surface area (TPSA) is 426 Å². The number of esters is 3. The first kappa shape index (κ1) is 103. The number of rotatable bonds is 37. The molecular formula is C89H143N5O25S2. The fourth-order valence-corrected chi connectivity index (χ4v) is 20.2. The fourth-order valence-electron chi connectivity index (χ4n) is 17.5. The minimum Gasteiger partial charge on any atom is -0.480 e. The molecule has 4 aliphatic heterocycles. The lowest BCUT2D eigenvalue weighted by Gasteiger charge is -2.34. The number of hydrogen-bond acceptors (Lipinski definition) is 24. The summed E-state index contributed by atoms with van der Waals surface area (Å²) < 4.78 is 87.1. The molecule has 8 aliphatic rings. The maximum atomic E-state index is 14.4. The Morgan fingerprint density at radius 3 is 1.51 bits per heavy atom. The van der Waals surface area contributed by atoms with Gasteiger partial charge in [0.1, 0.15) is 22.8 Å². The lowest BCUT2D eigenvalue weighted by atomic mass is 9.81. The van der Waals surface area contributed by atoms with E-state index in [1.807, 2.05) is 24.3 Å². The smallest absolute Gasteiger partial charge is 0.326 e. The summed E-state index contributed by atoms with van der Waals surface area (Å²) >= 11 is 0. The Kier molecular flexibility index (Phi) is 36.5. The minimum atomic E-state index is -3.93. The fraction of sp³-hybridized carbons (Fsp3) is 0.787. The van der Waals surface area contributed by atoms with Crippen LogP contribution in [-0.4, -0.2) is 240 Å². The van der Waals surface area contributed by atoms with Crippen LogP contribution in [0.1, 0.15) is 245 Å². The van der Waals surface area contributed by atoms with Crippen molar-refractivity contribution in [3.05, 3.63) is 50.1 Å². The number of carboxylic acids is 1. The summed E-state index contributed by atoms with van der Waals surface area (Å²) in [4.78, 5) is 151. The van der Waals surface area contributed by atoms with E-state index in [1.54, 1.807) is 89.3 Å². The molecule has 5 amide bonds. The predicted molar refractivity (Wildman–Crippen MR) is 452 cm³/mol. The number of aliphatic hydroxyl groups is 3. The number of aliphatic carboxylic acids is 1. The quantitative estimate of drug-likeness (QED) is 0.0192. The van der Waals surface area contributed by atoms with Crippen molar-refractivity contribution in [2.24, 2.45) is 75.9 Å². The molecular weight excluding hydrogens is 1600 g/mol. The van der Waals surface area contributed by atoms with Crippen molar-refractivity contribution in [3.8, 4) is 0 Å². The van der Waals surface area contributed by atoms with E-state index in [2.05, 4.69) is 50.0 Å². The van der Waals surface area contributed by atoms with Gasteiger partial charge in [0.2, 0.25) is 49.6 Å². The van der Waals surface area contributed by atoms with Crippen LogP contribution in [0.25, 0.3) is 0 Å². The Morgan fingerprint density at radius 1 is 0.628 bits per heavy atom. The van der Waals surface area contributed by atoms with E-state index in [4.69, 9.17) is 28.4 Å². The van der Waals surface area contributed by atoms with E-state index in [0.717, 1.165) is 32.1 Å². The van der Waals surface area contributed by atoms with E-state index < -0.39 is 182 Å². The average Bonchev–Trinajstić information content (AvgIpc) is 1.57. The highest BCUT2D eigenvalue weighted by atomic mass is 32.2. The van der Waals surface area contributed by atoms with Gasteiger partial charge in [-0.3, -0.25) is 57.4 Å². The summed E-state index contributed by atoms with van der Waals surface area (Å²) in [5.41, 5.74) is -4.76. The van der Waals surface area contributed by atoms with E-state index in [9.17, 15) is 90.0 Å². The highest BCUT2D eigenvalue weighted by Gasteiger charge is 2.65. The molecule has 4 saturated carbocycles. The third-order valence-electron chi connectivity index (χ3n) is 25.1. The second-order valence-electron chi connectivity index (χ2n) is 39.3. The van der Waals surface area contributed by atoms with Gasteiger partial charge in [-0.1, -0.05) is 51.2 Å². The van der Waals surface area contributed by atoms with Gasteiger partial charge in [0.15, 0.2) is 11.6 Å². The van der Waals surface area contributed by atoms with Crippen LogP contribution in [0.15, 0.2) is 50.1 Å². The Morgan fingerprint density at radius 2 is 1.08 bits per heavy atom. The van der Waals surface area contributed by atoms with Crippen molar-refractivity contribution in [1.82, 2.24) is 24.1 Å². The molecule has 4 aliphatic carbocycles. The van der Waals surface area contributed by atoms with Crippen molar-refractivity contribution in [3.63, 3.8) is 0 Å². The molecule has 8 rings (SSSR count). The minimum absolute atomic E-state index is 0.00362. The molecule has 0 spiro atoms. The number of carboxylic acid groups (broad SMARTS) is 1. The first-order chi connectivity index (χ1) is 56.1. The summed E-state index contributed by atoms with van der Waals surface area (Å²) in [7, 11) is -3.22. The van der Waals surface area contributed by atoms with E-state index >= 15 is 0 Å². The van der Waals surface area contributed by atoms with Gasteiger partial charge in [0, 0.05) is 92.9 Å². The molecule has 0 radical (unpaired) electrons. The van der Waals surface area contributed by atoms with Gasteiger partial charge in [0.25, 0.3) is 0 Å². The summed E-state index contributed by atoms with van der Waals surface area (Å²) in [6.45, 7) is 36.9. The molecule has 4 heterocycles. The maximum Gasteiger partial charge on any atom is 0.326 e. The standard InChI is InChI=1S/C34H54N2O9S.C32H50N2O9S.C23H39NO7/c1-9-11-12-22(3)15-23(21-44-8)26(17-29(39)45-32(4,5)6)30(40)36-20-25(37)16-27(36)28(38)19-34(18-24(34)10-2)31(41)35-46(42,43)33(7)13-14-33;1-20-9-7-8-10-22-16-32(22,29(39)33-44(40,41)31(5)11-12-31)17-26(36)25-14-23(35)18-34(25)28(38)24(21(13-20)19-42-6)15-27(37)43-30(2,3)4;1-7-8-9-15(2)10-16(14-30-6)18(12-20(26)31-23(3,4)5)21(27)24-13-17(25)11-19(24)22(28)29/h9-10,22-27,37H,1-2,11-21H2,3-8H3,(H,35,41);8,10,20-25,35H,7,9,11-19H2,1-6H3,(H,33,39);7,15-19,25H,1,8-14H2,2-6H3,(H,28,29)/b;10-8-;/t22?,23-,24+,25+,26-,27-,34+;20?,21-,22+,23+,24-,25-,32+;15?,16-,17+,18-,19-/m000/s1. The Balaban J connectivity index is 0.000000287. The third-order valence-corrected chi connectivity index (χ3v) is 29.4. The molecule has 0 aromatic carbocycles. The van der Waals surface area contributed by atoms with Gasteiger partial charge < -0.3 is 63.5 Å². The number of ether oxygens (including phenoxy) is 6. The number of carbonyl (C=O) groups excluding carboxylic acids is 10. The number of nitrogens with zero attached hydrogens (tertiary/aromatic N) is 3. The van der Waals surface area contributed by atoms with Crippen LogP contribution < -0.4 is 9.44 Å². The number of β-amino-alcohol motifs (C(OH)–C–C–N with tert-alkyl or cyclic N) is 2. The van der Waals surface area contributed by atoms with Crippen molar-refractivity contribution in [2.45, 2.75) is 307 Å². The second-order valence-corrected chi connectivity index (χ2v) is 43.7. The number of hydrogen-bond donors (Lipinski definition) is 6. The van der Waals surface area contributed by atoms with Crippen molar-refractivity contribution in [1.29, 1.82) is 0 Å². The molecule has 3 saturated heterocycles. The number of allylic oxidation sites excluding steroid dienone is 5. The number of methoxy groups -OCH3 is 3. The molecule has 121 heavy (non-hydrogen) atoms. The van der Waals surface area contributed by atoms with Crippen LogP contribution in [0.2, 0.25) is 0 Å². The van der Waals surface area contributed by atoms with E-state index in [0.29, 0.717) is 57.8 Å². The highest BCUT2D eigenvalue weighted by Crippen LogP contribution is 2.59. The average molecular weight is 1750 g/mol. The summed E-state index contributed by atoms with van der Waals surface area (Å²) in [6.07, 6.45) is 14.1. The zero-order valence-electron chi connectivity index (χ0n) is 74.8. The highest BCUT2D eigenvalue weighted by molar-refractivity contribution is 7.92. The predicted octanol–water partition coefficient (Wildman–Crippen LogP) is 9.24. The van der Waals surface area contributed by atoms with Crippen LogP contribution >= 0.6 is 0 Å². The first-order valence-corrected chi connectivity index (χ1v) is 46.1. The van der Waals surface area contributed by atoms with Gasteiger partial charge in [-0.2, -0.15) is 0 Å². The molecule has 30 nitrogen and oxygen atoms in total. The molecule has 686 valence electrons. The molecule has 19 atom stereocenters. The number of fused-ring (bicyclic) bond motifs is 2. The van der Waals surface area contributed by atoms with E-state index in [-0.39, 0.29) is 139 Å². The Hall–Kier alpha value is -6.81. The van der Waals surface area contributed by atoms with Gasteiger partial charge in [0.05, 0.1) is 87.7 Å². The lowest BCUT2D eigenvalue weighted by Crippen LogP contribution is -2.48. The molecule has 0 aromatic rings. The number of carbonyl (C=O) groups is 11. The Labute approximate surface area is 718 Å².